The summed E-state index contributed by atoms with van der Waals surface area (Å²) in [5.74, 6) is -2.08. The number of alkyl halides is 3. The van der Waals surface area contributed by atoms with Gasteiger partial charge in [0.05, 0.1) is 5.52 Å². The lowest BCUT2D eigenvalue weighted by Gasteiger charge is -2.12. The minimum absolute atomic E-state index is 0.171. The van der Waals surface area contributed by atoms with E-state index in [1.165, 1.54) is 18.3 Å². The molecule has 0 spiro atoms. The lowest BCUT2D eigenvalue weighted by molar-refractivity contribution is -0.275. The van der Waals surface area contributed by atoms with Crippen molar-refractivity contribution in [2.75, 3.05) is 5.32 Å². The molecule has 0 unspecified atom stereocenters. The molecule has 120 valence electrons. The number of benzene rings is 2. The normalized spacial score (nSPS) is 11.7. The Morgan fingerprint density at radius 3 is 2.57 bits per heavy atom. The van der Waals surface area contributed by atoms with Gasteiger partial charge in [-0.05, 0) is 30.3 Å². The maximum Gasteiger partial charge on any atom is 0.573 e. The van der Waals surface area contributed by atoms with Crippen LogP contribution in [0.1, 0.15) is 0 Å². The molecule has 0 saturated carbocycles. The molecule has 0 bridgehead atoms. The molecule has 1 N–H and O–H groups in total. The molecule has 3 nitrogen and oxygen atoms in total. The van der Waals surface area contributed by atoms with Crippen LogP contribution in [-0.2, 0) is 0 Å². The van der Waals surface area contributed by atoms with Crippen LogP contribution in [0.25, 0.3) is 10.9 Å². The van der Waals surface area contributed by atoms with Crippen molar-refractivity contribution in [1.82, 2.24) is 4.79 Å². The SMILES string of the molecule is Fc1ccc(Nc2cccc3c2ccn3F)cc1OC(F)(F)F. The first-order valence-electron chi connectivity index (χ1n) is 6.42. The van der Waals surface area contributed by atoms with Gasteiger partial charge in [-0.25, -0.2) is 4.39 Å². The van der Waals surface area contributed by atoms with E-state index in [9.17, 15) is 22.0 Å². The van der Waals surface area contributed by atoms with Crippen LogP contribution in [0.5, 0.6) is 5.75 Å². The molecule has 0 saturated heterocycles. The molecule has 2 aromatic carbocycles. The van der Waals surface area contributed by atoms with E-state index in [1.807, 2.05) is 0 Å². The molecule has 0 radical (unpaired) electrons. The average Bonchev–Trinajstić information content (AvgIpc) is 2.84. The Bertz CT molecular complexity index is 857. The Labute approximate surface area is 126 Å². The number of aromatic nitrogens is 1. The fourth-order valence-corrected chi connectivity index (χ4v) is 2.18. The predicted octanol–water partition coefficient (Wildman–Crippen LogP) is 5.16. The highest BCUT2D eigenvalue weighted by molar-refractivity contribution is 5.94. The molecule has 0 amide bonds. The number of halogens is 5. The lowest BCUT2D eigenvalue weighted by Crippen LogP contribution is -2.18. The van der Waals surface area contributed by atoms with Crippen LogP contribution in [-0.4, -0.2) is 11.2 Å². The fraction of sp³-hybridized carbons (Fsp3) is 0.0667. The molecule has 0 aliphatic rings. The standard InChI is InChI=1S/C15H9F5N2O/c16-11-5-4-9(8-14(11)23-15(17,18)19)21-12-2-1-3-13-10(12)6-7-22(13)20/h1-8,21H. The largest absolute Gasteiger partial charge is 0.573 e. The third-order valence-corrected chi connectivity index (χ3v) is 3.12. The van der Waals surface area contributed by atoms with Crippen LogP contribution < -0.4 is 10.1 Å². The molecule has 1 aromatic heterocycles. The van der Waals surface area contributed by atoms with Crippen molar-refractivity contribution in [2.45, 2.75) is 6.36 Å². The van der Waals surface area contributed by atoms with Crippen molar-refractivity contribution in [3.05, 3.63) is 54.5 Å². The Hall–Kier alpha value is -2.77. The summed E-state index contributed by atoms with van der Waals surface area (Å²) in [6.07, 6.45) is -3.79. The number of ether oxygens (including phenoxy) is 1. The highest BCUT2D eigenvalue weighted by Crippen LogP contribution is 2.31. The molecule has 0 atom stereocenters. The maximum atomic E-state index is 13.5. The van der Waals surface area contributed by atoms with E-state index >= 15 is 0 Å². The van der Waals surface area contributed by atoms with Gasteiger partial charge in [0.2, 0.25) is 0 Å². The Balaban J connectivity index is 1.94. The van der Waals surface area contributed by atoms with Gasteiger partial charge in [0.1, 0.15) is 0 Å². The number of hydrogen-bond donors (Lipinski definition) is 1. The molecule has 3 rings (SSSR count). The summed E-state index contributed by atoms with van der Waals surface area (Å²) in [5, 5.41) is 3.35. The van der Waals surface area contributed by atoms with Crippen LogP contribution in [0, 0.1) is 5.82 Å². The fourth-order valence-electron chi connectivity index (χ4n) is 2.18. The molecule has 0 aliphatic carbocycles. The smallest absolute Gasteiger partial charge is 0.403 e. The van der Waals surface area contributed by atoms with Gasteiger partial charge in [-0.15, -0.1) is 13.2 Å². The maximum absolute atomic E-state index is 13.5. The van der Waals surface area contributed by atoms with Crippen LogP contribution in [0.15, 0.2) is 48.7 Å². The molecule has 1 heterocycles. The zero-order valence-corrected chi connectivity index (χ0v) is 11.4. The molecule has 8 heteroatoms. The monoisotopic (exact) mass is 328 g/mol. The first kappa shape index (κ1) is 15.1. The first-order valence-corrected chi connectivity index (χ1v) is 6.42. The van der Waals surface area contributed by atoms with E-state index in [0.29, 0.717) is 21.4 Å². The second-order valence-corrected chi connectivity index (χ2v) is 4.68. The second kappa shape index (κ2) is 5.45. The van der Waals surface area contributed by atoms with E-state index in [-0.39, 0.29) is 5.69 Å². The first-order chi connectivity index (χ1) is 10.8. The van der Waals surface area contributed by atoms with Crippen molar-refractivity contribution in [3.8, 4) is 5.75 Å². The number of anilines is 2. The zero-order valence-electron chi connectivity index (χ0n) is 11.4. The molecule has 0 aliphatic heterocycles. The topological polar surface area (TPSA) is 26.2 Å². The molecule has 23 heavy (non-hydrogen) atoms. The van der Waals surface area contributed by atoms with E-state index in [0.717, 1.165) is 12.1 Å². The van der Waals surface area contributed by atoms with Crippen molar-refractivity contribution < 1.29 is 26.8 Å². The molecular weight excluding hydrogens is 319 g/mol. The summed E-state index contributed by atoms with van der Waals surface area (Å²) in [6.45, 7) is 0. The van der Waals surface area contributed by atoms with E-state index in [1.54, 1.807) is 18.2 Å². The quantitative estimate of drug-likeness (QED) is 0.673. The van der Waals surface area contributed by atoms with Gasteiger partial charge in [0.15, 0.2) is 11.6 Å². The van der Waals surface area contributed by atoms with Crippen LogP contribution in [0.4, 0.5) is 33.4 Å². The number of nitrogens with one attached hydrogen (secondary N) is 1. The van der Waals surface area contributed by atoms with Crippen LogP contribution in [0.2, 0.25) is 0 Å². The van der Waals surface area contributed by atoms with Gasteiger partial charge in [0.25, 0.3) is 0 Å². The number of rotatable bonds is 3. The summed E-state index contributed by atoms with van der Waals surface area (Å²) in [7, 11) is 0. The van der Waals surface area contributed by atoms with Gasteiger partial charge in [-0.3, -0.25) is 0 Å². The van der Waals surface area contributed by atoms with Crippen LogP contribution in [0.3, 0.4) is 0 Å². The zero-order chi connectivity index (χ0) is 16.6. The highest BCUT2D eigenvalue weighted by atomic mass is 19.4. The van der Waals surface area contributed by atoms with Crippen LogP contribution >= 0.6 is 0 Å². The minimum Gasteiger partial charge on any atom is -0.403 e. The second-order valence-electron chi connectivity index (χ2n) is 4.68. The lowest BCUT2D eigenvalue weighted by atomic mass is 10.2. The van der Waals surface area contributed by atoms with E-state index < -0.39 is 17.9 Å². The predicted molar refractivity (Wildman–Crippen MR) is 74.8 cm³/mol. The highest BCUT2D eigenvalue weighted by Gasteiger charge is 2.32. The summed E-state index contributed by atoms with van der Waals surface area (Å²) in [6, 6.07) is 9.24. The Morgan fingerprint density at radius 2 is 1.83 bits per heavy atom. The van der Waals surface area contributed by atoms with Gasteiger partial charge >= 0.3 is 6.36 Å². The minimum atomic E-state index is -5.00. The Morgan fingerprint density at radius 1 is 1.04 bits per heavy atom. The van der Waals surface area contributed by atoms with Crippen molar-refractivity contribution in [1.29, 1.82) is 0 Å². The van der Waals surface area contributed by atoms with Gasteiger partial charge in [0, 0.05) is 29.0 Å². The van der Waals surface area contributed by atoms with Gasteiger partial charge < -0.3 is 10.1 Å². The molecular formula is C15H9F5N2O. The number of fused-ring (bicyclic) bond motifs is 1. The summed E-state index contributed by atoms with van der Waals surface area (Å²) in [4.78, 5) is 0.420. The number of nitrogens with zero attached hydrogens (tertiary/aromatic N) is 1. The Kier molecular flexibility index (Phi) is 3.59. The third-order valence-electron chi connectivity index (χ3n) is 3.12. The summed E-state index contributed by atoms with van der Waals surface area (Å²) >= 11 is 0. The van der Waals surface area contributed by atoms with Crippen molar-refractivity contribution >= 4 is 22.3 Å². The van der Waals surface area contributed by atoms with Crippen molar-refractivity contribution in [2.24, 2.45) is 0 Å². The van der Waals surface area contributed by atoms with E-state index in [2.05, 4.69) is 10.1 Å². The number of hydrogen-bond acceptors (Lipinski definition) is 2. The van der Waals surface area contributed by atoms with Gasteiger partial charge in [-0.2, -0.15) is 4.79 Å². The molecule has 0 fully saturated rings. The summed E-state index contributed by atoms with van der Waals surface area (Å²) in [5.41, 5.74) is 0.928. The molecule has 3 aromatic rings. The van der Waals surface area contributed by atoms with Crippen molar-refractivity contribution in [3.63, 3.8) is 0 Å². The average molecular weight is 328 g/mol. The summed E-state index contributed by atoms with van der Waals surface area (Å²) < 4.78 is 67.2. The van der Waals surface area contributed by atoms with Gasteiger partial charge in [-0.1, -0.05) is 10.5 Å². The third kappa shape index (κ3) is 3.20. The van der Waals surface area contributed by atoms with E-state index in [4.69, 9.17) is 0 Å².